The molecule has 7 heteroatoms. The number of carboxylic acid groups (broad SMARTS) is 1. The van der Waals surface area contributed by atoms with Gasteiger partial charge in [0.1, 0.15) is 5.52 Å². The van der Waals surface area contributed by atoms with Crippen molar-refractivity contribution in [2.75, 3.05) is 23.3 Å². The van der Waals surface area contributed by atoms with Crippen molar-refractivity contribution < 1.29 is 19.1 Å². The molecule has 1 aromatic heterocycles. The number of benzene rings is 2. The van der Waals surface area contributed by atoms with Crippen LogP contribution in [-0.4, -0.2) is 35.1 Å². The fraction of sp³-hybridized carbons (Fsp3) is 0.286. The second-order valence-corrected chi connectivity index (χ2v) is 6.99. The number of nitrogens with zero attached hydrogens (tertiary/aromatic N) is 2. The quantitative estimate of drug-likeness (QED) is 0.706. The van der Waals surface area contributed by atoms with Gasteiger partial charge in [0.2, 0.25) is 5.91 Å². The van der Waals surface area contributed by atoms with Crippen LogP contribution in [0, 0.1) is 5.92 Å². The third-order valence-electron chi connectivity index (χ3n) is 4.97. The second-order valence-electron chi connectivity index (χ2n) is 6.99. The third kappa shape index (κ3) is 3.98. The molecule has 2 N–H and O–H groups in total. The average molecular weight is 379 g/mol. The standard InChI is InChI=1S/C21H21N3O4/c25-19(26)13-14-4-3-5-16(12-14)22-20(27)15-8-10-24(11-9-15)21-23-17-6-1-2-7-18(17)28-21/h1-7,12,15H,8-11,13H2,(H,22,27)(H,25,26). The minimum Gasteiger partial charge on any atom is -0.481 e. The number of nitrogens with one attached hydrogen (secondary N) is 1. The van der Waals surface area contributed by atoms with Gasteiger partial charge in [-0.3, -0.25) is 9.59 Å². The molecule has 0 radical (unpaired) electrons. The number of rotatable bonds is 5. The van der Waals surface area contributed by atoms with Gasteiger partial charge in [0.05, 0.1) is 6.42 Å². The van der Waals surface area contributed by atoms with Gasteiger partial charge in [0.15, 0.2) is 5.58 Å². The van der Waals surface area contributed by atoms with E-state index in [1.54, 1.807) is 24.3 Å². The molecule has 2 heterocycles. The lowest BCUT2D eigenvalue weighted by Gasteiger charge is -2.30. The number of piperidine rings is 1. The van der Waals surface area contributed by atoms with E-state index in [4.69, 9.17) is 9.52 Å². The first-order chi connectivity index (χ1) is 13.6. The molecule has 4 rings (SSSR count). The molecule has 1 aliphatic rings. The largest absolute Gasteiger partial charge is 0.481 e. The van der Waals surface area contributed by atoms with Crippen LogP contribution in [0.2, 0.25) is 0 Å². The van der Waals surface area contributed by atoms with Crippen molar-refractivity contribution in [1.82, 2.24) is 4.98 Å². The molecular formula is C21H21N3O4. The lowest BCUT2D eigenvalue weighted by atomic mass is 9.96. The van der Waals surface area contributed by atoms with E-state index in [1.165, 1.54) is 0 Å². The Labute approximate surface area is 162 Å². The van der Waals surface area contributed by atoms with Crippen molar-refractivity contribution in [2.45, 2.75) is 19.3 Å². The predicted octanol–water partition coefficient (Wildman–Crippen LogP) is 3.31. The van der Waals surface area contributed by atoms with Gasteiger partial charge in [0, 0.05) is 24.7 Å². The predicted molar refractivity (Wildman–Crippen MR) is 105 cm³/mol. The van der Waals surface area contributed by atoms with Gasteiger partial charge >= 0.3 is 5.97 Å². The Hall–Kier alpha value is -3.35. The van der Waals surface area contributed by atoms with Crippen molar-refractivity contribution in [3.63, 3.8) is 0 Å². The molecule has 0 atom stereocenters. The molecule has 0 bridgehead atoms. The maximum absolute atomic E-state index is 12.6. The molecule has 144 valence electrons. The number of anilines is 2. The zero-order valence-corrected chi connectivity index (χ0v) is 15.3. The van der Waals surface area contributed by atoms with Crippen LogP contribution in [0.5, 0.6) is 0 Å². The number of carboxylic acids is 1. The zero-order valence-electron chi connectivity index (χ0n) is 15.3. The van der Waals surface area contributed by atoms with Crippen LogP contribution < -0.4 is 10.2 Å². The van der Waals surface area contributed by atoms with Crippen LogP contribution in [-0.2, 0) is 16.0 Å². The van der Waals surface area contributed by atoms with E-state index >= 15 is 0 Å². The van der Waals surface area contributed by atoms with Crippen LogP contribution in [0.3, 0.4) is 0 Å². The molecular weight excluding hydrogens is 358 g/mol. The third-order valence-corrected chi connectivity index (χ3v) is 4.97. The van der Waals surface area contributed by atoms with Gasteiger partial charge in [-0.15, -0.1) is 0 Å². The van der Waals surface area contributed by atoms with Crippen LogP contribution in [0.1, 0.15) is 18.4 Å². The molecule has 2 aromatic carbocycles. The van der Waals surface area contributed by atoms with Crippen LogP contribution in [0.4, 0.5) is 11.7 Å². The number of aliphatic carboxylic acids is 1. The number of hydrogen-bond acceptors (Lipinski definition) is 5. The molecule has 0 aliphatic carbocycles. The summed E-state index contributed by atoms with van der Waals surface area (Å²) in [7, 11) is 0. The molecule has 1 aliphatic heterocycles. The van der Waals surface area contributed by atoms with E-state index in [0.717, 1.165) is 11.1 Å². The number of para-hydroxylation sites is 2. The maximum Gasteiger partial charge on any atom is 0.307 e. The lowest BCUT2D eigenvalue weighted by Crippen LogP contribution is -2.38. The Bertz CT molecular complexity index is 973. The van der Waals surface area contributed by atoms with Gasteiger partial charge in [0.25, 0.3) is 6.01 Å². The van der Waals surface area contributed by atoms with Crippen LogP contribution in [0.15, 0.2) is 52.9 Å². The van der Waals surface area contributed by atoms with Crippen molar-refractivity contribution >= 4 is 34.7 Å². The first kappa shape index (κ1) is 18.0. The van der Waals surface area contributed by atoms with E-state index in [2.05, 4.69) is 15.2 Å². The van der Waals surface area contributed by atoms with Crippen molar-refractivity contribution in [3.8, 4) is 0 Å². The van der Waals surface area contributed by atoms with Crippen molar-refractivity contribution in [1.29, 1.82) is 0 Å². The van der Waals surface area contributed by atoms with E-state index in [1.807, 2.05) is 24.3 Å². The molecule has 0 saturated carbocycles. The number of fused-ring (bicyclic) bond motifs is 1. The summed E-state index contributed by atoms with van der Waals surface area (Å²) in [4.78, 5) is 30.0. The number of carbonyl (C=O) groups excluding carboxylic acids is 1. The first-order valence-electron chi connectivity index (χ1n) is 9.30. The summed E-state index contributed by atoms with van der Waals surface area (Å²) in [5.74, 6) is -1.02. The minimum atomic E-state index is -0.893. The van der Waals surface area contributed by atoms with Crippen LogP contribution >= 0.6 is 0 Å². The molecule has 0 spiro atoms. The van der Waals surface area contributed by atoms with E-state index in [0.29, 0.717) is 43.2 Å². The Balaban J connectivity index is 1.35. The zero-order chi connectivity index (χ0) is 19.5. The Morgan fingerprint density at radius 3 is 2.68 bits per heavy atom. The number of amides is 1. The Morgan fingerprint density at radius 1 is 1.14 bits per heavy atom. The monoisotopic (exact) mass is 379 g/mol. The smallest absolute Gasteiger partial charge is 0.307 e. The molecule has 28 heavy (non-hydrogen) atoms. The number of aromatic nitrogens is 1. The molecule has 1 amide bonds. The first-order valence-corrected chi connectivity index (χ1v) is 9.30. The Kier molecular flexibility index (Phi) is 4.97. The average Bonchev–Trinajstić information content (AvgIpc) is 3.12. The molecule has 7 nitrogen and oxygen atoms in total. The highest BCUT2D eigenvalue weighted by Gasteiger charge is 2.27. The topological polar surface area (TPSA) is 95.7 Å². The summed E-state index contributed by atoms with van der Waals surface area (Å²) in [6, 6.07) is 15.2. The lowest BCUT2D eigenvalue weighted by molar-refractivity contribution is -0.136. The molecule has 3 aromatic rings. The number of carbonyl (C=O) groups is 2. The number of oxazole rings is 1. The molecule has 0 unspecified atom stereocenters. The Morgan fingerprint density at radius 2 is 1.93 bits per heavy atom. The summed E-state index contributed by atoms with van der Waals surface area (Å²) in [6.07, 6.45) is 1.35. The van der Waals surface area contributed by atoms with Crippen molar-refractivity contribution in [2.24, 2.45) is 5.92 Å². The molecule has 1 saturated heterocycles. The van der Waals surface area contributed by atoms with Gasteiger partial charge in [-0.25, -0.2) is 0 Å². The highest BCUT2D eigenvalue weighted by molar-refractivity contribution is 5.93. The van der Waals surface area contributed by atoms with Gasteiger partial charge in [-0.1, -0.05) is 24.3 Å². The highest BCUT2D eigenvalue weighted by atomic mass is 16.4. The number of hydrogen-bond donors (Lipinski definition) is 2. The fourth-order valence-corrected chi connectivity index (χ4v) is 3.51. The van der Waals surface area contributed by atoms with Crippen molar-refractivity contribution in [3.05, 3.63) is 54.1 Å². The van der Waals surface area contributed by atoms with Gasteiger partial charge < -0.3 is 19.7 Å². The summed E-state index contributed by atoms with van der Waals surface area (Å²) in [6.45, 7) is 1.40. The SMILES string of the molecule is O=C(O)Cc1cccc(NC(=O)C2CCN(c3nc4ccccc4o3)CC2)c1. The van der Waals surface area contributed by atoms with Gasteiger partial charge in [-0.2, -0.15) is 4.98 Å². The second kappa shape index (κ2) is 7.72. The fourth-order valence-electron chi connectivity index (χ4n) is 3.51. The van der Waals surface area contributed by atoms with E-state index in [-0.39, 0.29) is 18.2 Å². The van der Waals surface area contributed by atoms with E-state index < -0.39 is 5.97 Å². The molecule has 1 fully saturated rings. The summed E-state index contributed by atoms with van der Waals surface area (Å²) >= 11 is 0. The normalized spacial score (nSPS) is 14.9. The summed E-state index contributed by atoms with van der Waals surface area (Å²) in [5, 5.41) is 11.8. The van der Waals surface area contributed by atoms with E-state index in [9.17, 15) is 9.59 Å². The minimum absolute atomic E-state index is 0.0373. The summed E-state index contributed by atoms with van der Waals surface area (Å²) in [5.41, 5.74) is 2.89. The van der Waals surface area contributed by atoms with Gasteiger partial charge in [-0.05, 0) is 42.7 Å². The van der Waals surface area contributed by atoms with Crippen LogP contribution in [0.25, 0.3) is 11.1 Å². The summed E-state index contributed by atoms with van der Waals surface area (Å²) < 4.78 is 5.81. The highest BCUT2D eigenvalue weighted by Crippen LogP contribution is 2.27. The maximum atomic E-state index is 12.6.